The molecule has 1 aliphatic heterocycles. The highest BCUT2D eigenvalue weighted by atomic mass is 32.2. The minimum absolute atomic E-state index is 0.110. The van der Waals surface area contributed by atoms with Crippen LogP contribution in [0.3, 0.4) is 0 Å². The molecule has 7 heteroatoms. The number of nitrogens with zero attached hydrogens (tertiary/aromatic N) is 1. The molecular formula is C23H30N2O4S. The lowest BCUT2D eigenvalue weighted by Crippen LogP contribution is -2.35. The maximum absolute atomic E-state index is 12.7. The third-order valence-corrected chi connectivity index (χ3v) is 7.42. The summed E-state index contributed by atoms with van der Waals surface area (Å²) in [5.74, 6) is 0.768. The normalized spacial score (nSPS) is 16.1. The molecule has 1 N–H and O–H groups in total. The Balaban J connectivity index is 1.59. The highest BCUT2D eigenvalue weighted by Crippen LogP contribution is 2.28. The Hall–Kier alpha value is -2.38. The molecule has 0 unspecified atom stereocenters. The molecule has 1 aliphatic rings. The Kier molecular flexibility index (Phi) is 7.50. The second-order valence-corrected chi connectivity index (χ2v) is 9.61. The van der Waals surface area contributed by atoms with Gasteiger partial charge in [0.2, 0.25) is 10.0 Å². The minimum atomic E-state index is -3.47. The van der Waals surface area contributed by atoms with Gasteiger partial charge in [0.05, 0.1) is 4.90 Å². The molecule has 0 radical (unpaired) electrons. The van der Waals surface area contributed by atoms with Crippen LogP contribution in [0.5, 0.6) is 5.75 Å². The van der Waals surface area contributed by atoms with Gasteiger partial charge in [0.25, 0.3) is 5.91 Å². The summed E-state index contributed by atoms with van der Waals surface area (Å²) >= 11 is 0. The van der Waals surface area contributed by atoms with Gasteiger partial charge in [-0.2, -0.15) is 4.31 Å². The first-order valence-electron chi connectivity index (χ1n) is 10.5. The molecule has 6 nitrogen and oxygen atoms in total. The number of ether oxygens (including phenoxy) is 1. The SMILES string of the molecule is CC[C@H](C)c1ccccc1OCC(=O)Nc1ccc(S(=O)(=O)N2CCCCC2)cc1. The highest BCUT2D eigenvalue weighted by Gasteiger charge is 2.25. The fraction of sp³-hybridized carbons (Fsp3) is 0.435. The van der Waals surface area contributed by atoms with Crippen molar-refractivity contribution in [2.75, 3.05) is 25.0 Å². The number of carbonyl (C=O) groups is 1. The Morgan fingerprint density at radius 2 is 1.73 bits per heavy atom. The number of anilines is 1. The zero-order chi connectivity index (χ0) is 21.6. The van der Waals surface area contributed by atoms with Gasteiger partial charge in [0.1, 0.15) is 5.75 Å². The van der Waals surface area contributed by atoms with Gasteiger partial charge in [0.15, 0.2) is 6.61 Å². The topological polar surface area (TPSA) is 75.7 Å². The third-order valence-electron chi connectivity index (χ3n) is 5.51. The molecule has 3 rings (SSSR count). The van der Waals surface area contributed by atoms with Gasteiger partial charge < -0.3 is 10.1 Å². The smallest absolute Gasteiger partial charge is 0.262 e. The summed E-state index contributed by atoms with van der Waals surface area (Å²) in [6, 6.07) is 14.0. The maximum atomic E-state index is 12.7. The van der Waals surface area contributed by atoms with E-state index in [2.05, 4.69) is 19.2 Å². The van der Waals surface area contributed by atoms with Crippen molar-refractivity contribution >= 4 is 21.6 Å². The number of amides is 1. The molecule has 162 valence electrons. The van der Waals surface area contributed by atoms with Crippen molar-refractivity contribution in [1.82, 2.24) is 4.31 Å². The van der Waals surface area contributed by atoms with Crippen LogP contribution in [0.2, 0.25) is 0 Å². The zero-order valence-electron chi connectivity index (χ0n) is 17.6. The first kappa shape index (κ1) is 22.3. The number of benzene rings is 2. The van der Waals surface area contributed by atoms with E-state index in [1.807, 2.05) is 24.3 Å². The predicted octanol–water partition coefficient (Wildman–Crippen LogP) is 4.39. The Bertz CT molecular complexity index is 951. The number of carbonyl (C=O) groups excluding carboxylic acids is 1. The Labute approximate surface area is 179 Å². The molecule has 1 saturated heterocycles. The number of para-hydroxylation sites is 1. The van der Waals surface area contributed by atoms with Crippen LogP contribution in [-0.2, 0) is 14.8 Å². The average molecular weight is 431 g/mol. The van der Waals surface area contributed by atoms with E-state index in [9.17, 15) is 13.2 Å². The van der Waals surface area contributed by atoms with E-state index in [-0.39, 0.29) is 17.4 Å². The van der Waals surface area contributed by atoms with Crippen LogP contribution in [0.1, 0.15) is 51.0 Å². The minimum Gasteiger partial charge on any atom is -0.483 e. The van der Waals surface area contributed by atoms with Crippen LogP contribution < -0.4 is 10.1 Å². The van der Waals surface area contributed by atoms with Crippen molar-refractivity contribution in [2.45, 2.75) is 50.3 Å². The van der Waals surface area contributed by atoms with Gasteiger partial charge in [-0.3, -0.25) is 4.79 Å². The van der Waals surface area contributed by atoms with E-state index < -0.39 is 10.0 Å². The molecule has 1 heterocycles. The van der Waals surface area contributed by atoms with E-state index in [0.29, 0.717) is 30.4 Å². The summed E-state index contributed by atoms with van der Waals surface area (Å²) in [4.78, 5) is 12.6. The molecule has 30 heavy (non-hydrogen) atoms. The molecule has 0 saturated carbocycles. The maximum Gasteiger partial charge on any atom is 0.262 e. The first-order chi connectivity index (χ1) is 14.4. The van der Waals surface area contributed by atoms with E-state index in [1.165, 1.54) is 4.31 Å². The monoisotopic (exact) mass is 430 g/mol. The van der Waals surface area contributed by atoms with Gasteiger partial charge >= 0.3 is 0 Å². The van der Waals surface area contributed by atoms with Crippen molar-refractivity contribution in [2.24, 2.45) is 0 Å². The van der Waals surface area contributed by atoms with Crippen molar-refractivity contribution in [3.05, 3.63) is 54.1 Å². The highest BCUT2D eigenvalue weighted by molar-refractivity contribution is 7.89. The standard InChI is InChI=1S/C23H30N2O4S/c1-3-18(2)21-9-5-6-10-22(21)29-17-23(26)24-19-11-13-20(14-12-19)30(27,28)25-15-7-4-8-16-25/h5-6,9-14,18H,3-4,7-8,15-17H2,1-2H3,(H,24,26)/t18-/m0/s1. The van der Waals surface area contributed by atoms with Crippen LogP contribution in [0.25, 0.3) is 0 Å². The Morgan fingerprint density at radius 3 is 2.40 bits per heavy atom. The van der Waals surface area contributed by atoms with E-state index in [1.54, 1.807) is 24.3 Å². The third kappa shape index (κ3) is 5.40. The lowest BCUT2D eigenvalue weighted by Gasteiger charge is -2.25. The number of sulfonamides is 1. The summed E-state index contributed by atoms with van der Waals surface area (Å²) in [6.07, 6.45) is 3.85. The van der Waals surface area contributed by atoms with Gasteiger partial charge in [-0.25, -0.2) is 8.42 Å². The fourth-order valence-electron chi connectivity index (χ4n) is 3.54. The molecule has 0 bridgehead atoms. The average Bonchev–Trinajstić information content (AvgIpc) is 2.78. The van der Waals surface area contributed by atoms with Gasteiger partial charge in [-0.1, -0.05) is 38.5 Å². The van der Waals surface area contributed by atoms with Crippen LogP contribution >= 0.6 is 0 Å². The number of hydrogen-bond acceptors (Lipinski definition) is 4. The van der Waals surface area contributed by atoms with Gasteiger partial charge in [-0.05, 0) is 61.1 Å². The largest absolute Gasteiger partial charge is 0.483 e. The van der Waals surface area contributed by atoms with E-state index in [0.717, 1.165) is 31.2 Å². The first-order valence-corrected chi connectivity index (χ1v) is 12.0. The molecule has 1 amide bonds. The van der Waals surface area contributed by atoms with Crippen molar-refractivity contribution < 1.29 is 17.9 Å². The van der Waals surface area contributed by atoms with Gasteiger partial charge in [0, 0.05) is 18.8 Å². The molecular weight excluding hydrogens is 400 g/mol. The molecule has 2 aromatic carbocycles. The molecule has 0 spiro atoms. The summed E-state index contributed by atoms with van der Waals surface area (Å²) in [5, 5.41) is 2.76. The number of piperidine rings is 1. The van der Waals surface area contributed by atoms with Crippen LogP contribution in [0.15, 0.2) is 53.4 Å². The van der Waals surface area contributed by atoms with Crippen LogP contribution in [-0.4, -0.2) is 38.3 Å². The van der Waals surface area contributed by atoms with Crippen molar-refractivity contribution in [3.8, 4) is 5.75 Å². The van der Waals surface area contributed by atoms with E-state index >= 15 is 0 Å². The van der Waals surface area contributed by atoms with Crippen molar-refractivity contribution in [3.63, 3.8) is 0 Å². The summed E-state index contributed by atoms with van der Waals surface area (Å²) in [7, 11) is -3.47. The molecule has 1 fully saturated rings. The molecule has 0 aromatic heterocycles. The lowest BCUT2D eigenvalue weighted by molar-refractivity contribution is -0.118. The molecule has 1 atom stereocenters. The van der Waals surface area contributed by atoms with E-state index in [4.69, 9.17) is 4.74 Å². The zero-order valence-corrected chi connectivity index (χ0v) is 18.5. The molecule has 2 aromatic rings. The number of nitrogens with one attached hydrogen (secondary N) is 1. The molecule has 0 aliphatic carbocycles. The second kappa shape index (κ2) is 10.1. The quantitative estimate of drug-likeness (QED) is 0.674. The van der Waals surface area contributed by atoms with Crippen LogP contribution in [0.4, 0.5) is 5.69 Å². The predicted molar refractivity (Wildman–Crippen MR) is 118 cm³/mol. The second-order valence-electron chi connectivity index (χ2n) is 7.67. The summed E-state index contributed by atoms with van der Waals surface area (Å²) < 4.78 is 32.7. The lowest BCUT2D eigenvalue weighted by atomic mass is 9.98. The van der Waals surface area contributed by atoms with Crippen molar-refractivity contribution in [1.29, 1.82) is 0 Å². The number of hydrogen-bond donors (Lipinski definition) is 1. The fourth-order valence-corrected chi connectivity index (χ4v) is 5.06. The summed E-state index contributed by atoms with van der Waals surface area (Å²) in [5.41, 5.74) is 1.62. The summed E-state index contributed by atoms with van der Waals surface area (Å²) in [6.45, 7) is 5.26. The van der Waals surface area contributed by atoms with Crippen LogP contribution in [0, 0.1) is 0 Å². The Morgan fingerprint density at radius 1 is 1.07 bits per heavy atom. The number of rotatable bonds is 8. The van der Waals surface area contributed by atoms with Gasteiger partial charge in [-0.15, -0.1) is 0 Å².